The molecule has 0 spiro atoms. The summed E-state index contributed by atoms with van der Waals surface area (Å²) in [5, 5.41) is 8.70. The van der Waals surface area contributed by atoms with Crippen molar-refractivity contribution in [3.63, 3.8) is 0 Å². The van der Waals surface area contributed by atoms with Gasteiger partial charge in [0.1, 0.15) is 0 Å². The summed E-state index contributed by atoms with van der Waals surface area (Å²) in [7, 11) is 0. The molecule has 1 aliphatic carbocycles. The van der Waals surface area contributed by atoms with Gasteiger partial charge in [0.25, 0.3) is 0 Å². The third-order valence-corrected chi connectivity index (χ3v) is 5.63. The number of rotatable bonds is 6. The first-order valence-electron chi connectivity index (χ1n) is 10.0. The van der Waals surface area contributed by atoms with Crippen LogP contribution in [0.4, 0.5) is 0 Å². The standard InChI is InChI=1S/C23H28N4/c1-18-8-5-6-12-22(18)25-15-21-17-27(16-19-9-3-2-4-10-19)26-23(21)20-11-7-13-24-14-20/h2-4,7,9-11,13-14,17-18,22,25H,5-6,8,12,15-16H2,1H3/t18-,22-/m1/s1. The Labute approximate surface area is 161 Å². The Morgan fingerprint density at radius 1 is 1.07 bits per heavy atom. The molecule has 0 saturated heterocycles. The highest BCUT2D eigenvalue weighted by Gasteiger charge is 2.21. The summed E-state index contributed by atoms with van der Waals surface area (Å²) in [5.74, 6) is 0.750. The van der Waals surface area contributed by atoms with Gasteiger partial charge in [0.2, 0.25) is 0 Å². The van der Waals surface area contributed by atoms with Gasteiger partial charge in [-0.2, -0.15) is 5.10 Å². The summed E-state index contributed by atoms with van der Waals surface area (Å²) in [5.41, 5.74) is 4.63. The van der Waals surface area contributed by atoms with Crippen molar-refractivity contribution in [3.8, 4) is 11.3 Å². The Hall–Kier alpha value is -2.46. The molecule has 1 saturated carbocycles. The van der Waals surface area contributed by atoms with E-state index in [4.69, 9.17) is 5.10 Å². The fourth-order valence-corrected chi connectivity index (χ4v) is 4.05. The first kappa shape index (κ1) is 17.9. The SMILES string of the molecule is C[C@@H]1CCCC[C@H]1NCc1cn(Cc2ccccc2)nc1-c1cccnc1. The Balaban J connectivity index is 1.56. The zero-order chi connectivity index (χ0) is 18.5. The molecule has 4 heteroatoms. The molecule has 0 aliphatic heterocycles. The van der Waals surface area contributed by atoms with Crippen LogP contribution in [-0.2, 0) is 13.1 Å². The number of hydrogen-bond acceptors (Lipinski definition) is 3. The normalized spacial score (nSPS) is 19.9. The van der Waals surface area contributed by atoms with Crippen LogP contribution < -0.4 is 5.32 Å². The number of hydrogen-bond donors (Lipinski definition) is 1. The minimum Gasteiger partial charge on any atom is -0.310 e. The predicted molar refractivity (Wildman–Crippen MR) is 109 cm³/mol. The number of pyridine rings is 1. The van der Waals surface area contributed by atoms with Crippen molar-refractivity contribution in [2.24, 2.45) is 5.92 Å². The second kappa shape index (κ2) is 8.49. The molecule has 0 amide bonds. The zero-order valence-electron chi connectivity index (χ0n) is 16.0. The van der Waals surface area contributed by atoms with Gasteiger partial charge in [-0.05, 0) is 36.5 Å². The monoisotopic (exact) mass is 360 g/mol. The van der Waals surface area contributed by atoms with E-state index >= 15 is 0 Å². The van der Waals surface area contributed by atoms with Gasteiger partial charge in [-0.1, -0.05) is 50.1 Å². The highest BCUT2D eigenvalue weighted by Crippen LogP contribution is 2.26. The van der Waals surface area contributed by atoms with Crippen LogP contribution in [0.2, 0.25) is 0 Å². The van der Waals surface area contributed by atoms with E-state index in [2.05, 4.69) is 58.4 Å². The maximum absolute atomic E-state index is 4.90. The Morgan fingerprint density at radius 3 is 2.70 bits per heavy atom. The third-order valence-electron chi connectivity index (χ3n) is 5.63. The summed E-state index contributed by atoms with van der Waals surface area (Å²) < 4.78 is 2.05. The highest BCUT2D eigenvalue weighted by molar-refractivity contribution is 5.61. The second-order valence-electron chi connectivity index (χ2n) is 7.68. The molecule has 0 radical (unpaired) electrons. The summed E-state index contributed by atoms with van der Waals surface area (Å²) in [6.45, 7) is 4.01. The number of benzene rings is 1. The van der Waals surface area contributed by atoms with Crippen molar-refractivity contribution >= 4 is 0 Å². The quantitative estimate of drug-likeness (QED) is 0.695. The molecule has 0 unspecified atom stereocenters. The summed E-state index contributed by atoms with van der Waals surface area (Å²) in [6, 6.07) is 15.2. The summed E-state index contributed by atoms with van der Waals surface area (Å²) >= 11 is 0. The smallest absolute Gasteiger partial charge is 0.0983 e. The van der Waals surface area contributed by atoms with Crippen LogP contribution >= 0.6 is 0 Å². The van der Waals surface area contributed by atoms with Crippen LogP contribution in [0.15, 0.2) is 61.1 Å². The van der Waals surface area contributed by atoms with Crippen LogP contribution in [-0.4, -0.2) is 20.8 Å². The van der Waals surface area contributed by atoms with E-state index in [0.29, 0.717) is 6.04 Å². The lowest BCUT2D eigenvalue weighted by Gasteiger charge is -2.29. The molecule has 1 fully saturated rings. The lowest BCUT2D eigenvalue weighted by Crippen LogP contribution is -2.36. The molecular formula is C23H28N4. The molecule has 140 valence electrons. The van der Waals surface area contributed by atoms with E-state index in [1.165, 1.54) is 36.8 Å². The first-order valence-corrected chi connectivity index (χ1v) is 10.0. The average Bonchev–Trinajstić information content (AvgIpc) is 3.11. The van der Waals surface area contributed by atoms with Crippen molar-refractivity contribution in [1.29, 1.82) is 0 Å². The molecule has 4 nitrogen and oxygen atoms in total. The van der Waals surface area contributed by atoms with E-state index < -0.39 is 0 Å². The fourth-order valence-electron chi connectivity index (χ4n) is 4.05. The van der Waals surface area contributed by atoms with Gasteiger partial charge in [0.05, 0.1) is 12.2 Å². The van der Waals surface area contributed by atoms with Gasteiger partial charge in [-0.3, -0.25) is 9.67 Å². The van der Waals surface area contributed by atoms with Gasteiger partial charge in [-0.25, -0.2) is 0 Å². The van der Waals surface area contributed by atoms with E-state index in [-0.39, 0.29) is 0 Å². The number of nitrogens with zero attached hydrogens (tertiary/aromatic N) is 3. The van der Waals surface area contributed by atoms with Crippen LogP contribution in [0.25, 0.3) is 11.3 Å². The van der Waals surface area contributed by atoms with Gasteiger partial charge in [0.15, 0.2) is 0 Å². The van der Waals surface area contributed by atoms with Gasteiger partial charge < -0.3 is 5.32 Å². The fraction of sp³-hybridized carbons (Fsp3) is 0.391. The van der Waals surface area contributed by atoms with E-state index in [0.717, 1.165) is 30.3 Å². The number of nitrogens with one attached hydrogen (secondary N) is 1. The molecule has 1 N–H and O–H groups in total. The Morgan fingerprint density at radius 2 is 1.93 bits per heavy atom. The van der Waals surface area contributed by atoms with Gasteiger partial charge >= 0.3 is 0 Å². The molecule has 1 aromatic carbocycles. The van der Waals surface area contributed by atoms with Crippen molar-refractivity contribution in [2.75, 3.05) is 0 Å². The third kappa shape index (κ3) is 4.45. The summed E-state index contributed by atoms with van der Waals surface area (Å²) in [6.07, 6.45) is 11.2. The average molecular weight is 361 g/mol. The van der Waals surface area contributed by atoms with Crippen molar-refractivity contribution in [3.05, 3.63) is 72.2 Å². The van der Waals surface area contributed by atoms with Crippen LogP contribution in [0.5, 0.6) is 0 Å². The minimum absolute atomic E-state index is 0.609. The van der Waals surface area contributed by atoms with Crippen LogP contribution in [0.1, 0.15) is 43.7 Å². The molecular weight excluding hydrogens is 332 g/mol. The molecule has 4 rings (SSSR count). The molecule has 2 atom stereocenters. The van der Waals surface area contributed by atoms with Crippen LogP contribution in [0, 0.1) is 5.92 Å². The lowest BCUT2D eigenvalue weighted by molar-refractivity contribution is 0.279. The topological polar surface area (TPSA) is 42.7 Å². The Kier molecular flexibility index (Phi) is 5.64. The highest BCUT2D eigenvalue weighted by atomic mass is 15.3. The van der Waals surface area contributed by atoms with Crippen molar-refractivity contribution in [1.82, 2.24) is 20.1 Å². The molecule has 2 heterocycles. The van der Waals surface area contributed by atoms with E-state index in [9.17, 15) is 0 Å². The van der Waals surface area contributed by atoms with Gasteiger partial charge in [0, 0.05) is 42.3 Å². The molecule has 1 aliphatic rings. The van der Waals surface area contributed by atoms with E-state index in [1.54, 1.807) is 0 Å². The Bertz CT molecular complexity index is 841. The zero-order valence-corrected chi connectivity index (χ0v) is 16.0. The first-order chi connectivity index (χ1) is 13.3. The number of aromatic nitrogens is 3. The van der Waals surface area contributed by atoms with Crippen molar-refractivity contribution < 1.29 is 0 Å². The maximum Gasteiger partial charge on any atom is 0.0983 e. The molecule has 27 heavy (non-hydrogen) atoms. The molecule has 3 aromatic rings. The largest absolute Gasteiger partial charge is 0.310 e. The van der Waals surface area contributed by atoms with E-state index in [1.807, 2.05) is 24.5 Å². The lowest BCUT2D eigenvalue weighted by atomic mass is 9.86. The predicted octanol–water partition coefficient (Wildman–Crippen LogP) is 4.66. The van der Waals surface area contributed by atoms with Crippen LogP contribution in [0.3, 0.4) is 0 Å². The second-order valence-corrected chi connectivity index (χ2v) is 7.68. The van der Waals surface area contributed by atoms with Crippen molar-refractivity contribution in [2.45, 2.75) is 51.7 Å². The molecule has 2 aromatic heterocycles. The molecule has 0 bridgehead atoms. The minimum atomic E-state index is 0.609. The van der Waals surface area contributed by atoms with Gasteiger partial charge in [-0.15, -0.1) is 0 Å². The maximum atomic E-state index is 4.90. The summed E-state index contributed by atoms with van der Waals surface area (Å²) in [4.78, 5) is 4.29.